The Balaban J connectivity index is 2.08. The van der Waals surface area contributed by atoms with E-state index in [2.05, 4.69) is 37.5 Å². The third kappa shape index (κ3) is 2.68. The zero-order valence-corrected chi connectivity index (χ0v) is 12.2. The van der Waals surface area contributed by atoms with E-state index >= 15 is 0 Å². The highest BCUT2D eigenvalue weighted by Crippen LogP contribution is 2.32. The van der Waals surface area contributed by atoms with Crippen LogP contribution in [0.15, 0.2) is 0 Å². The topological polar surface area (TPSA) is 6.48 Å². The first-order valence-corrected chi connectivity index (χ1v) is 7.59. The van der Waals surface area contributed by atoms with E-state index in [4.69, 9.17) is 0 Å². The van der Waals surface area contributed by atoms with E-state index in [1.54, 1.807) is 0 Å². The molecule has 2 nitrogen and oxygen atoms in total. The maximum Gasteiger partial charge on any atom is 0.0226 e. The highest BCUT2D eigenvalue weighted by atomic mass is 15.3. The third-order valence-electron chi connectivity index (χ3n) is 4.90. The maximum absolute atomic E-state index is 2.82. The fraction of sp³-hybridized carbons (Fsp3) is 1.00. The van der Waals surface area contributed by atoms with Gasteiger partial charge >= 0.3 is 0 Å². The fourth-order valence-electron chi connectivity index (χ4n) is 3.93. The zero-order valence-electron chi connectivity index (χ0n) is 12.2. The summed E-state index contributed by atoms with van der Waals surface area (Å²) in [4.78, 5) is 5.57. The van der Waals surface area contributed by atoms with Crippen molar-refractivity contribution in [3.8, 4) is 0 Å². The Kier molecular flexibility index (Phi) is 4.14. The largest absolute Gasteiger partial charge is 0.298 e. The minimum Gasteiger partial charge on any atom is -0.298 e. The van der Waals surface area contributed by atoms with Crippen LogP contribution >= 0.6 is 0 Å². The Morgan fingerprint density at radius 1 is 1.18 bits per heavy atom. The van der Waals surface area contributed by atoms with Gasteiger partial charge in [-0.1, -0.05) is 20.3 Å². The Bertz CT molecular complexity index is 249. The lowest BCUT2D eigenvalue weighted by Crippen LogP contribution is -2.62. The lowest BCUT2D eigenvalue weighted by Gasteiger charge is -2.51. The average Bonchev–Trinajstić information content (AvgIpc) is 2.74. The molecule has 2 unspecified atom stereocenters. The molecule has 0 spiro atoms. The van der Waals surface area contributed by atoms with Gasteiger partial charge in [0.05, 0.1) is 0 Å². The molecule has 2 aliphatic heterocycles. The molecule has 17 heavy (non-hydrogen) atoms. The second-order valence-corrected chi connectivity index (χ2v) is 6.57. The average molecular weight is 238 g/mol. The molecule has 0 aliphatic carbocycles. The van der Waals surface area contributed by atoms with Crippen LogP contribution < -0.4 is 0 Å². The molecule has 2 heteroatoms. The molecule has 0 aromatic carbocycles. The summed E-state index contributed by atoms with van der Waals surface area (Å²) in [6.07, 6.45) is 6.78. The molecule has 0 saturated carbocycles. The summed E-state index contributed by atoms with van der Waals surface area (Å²) in [6, 6.07) is 1.64. The fourth-order valence-corrected chi connectivity index (χ4v) is 3.93. The van der Waals surface area contributed by atoms with Crippen LogP contribution in [-0.4, -0.2) is 47.1 Å². The van der Waals surface area contributed by atoms with Crippen molar-refractivity contribution in [3.05, 3.63) is 0 Å². The van der Waals surface area contributed by atoms with Crippen LogP contribution in [0.5, 0.6) is 0 Å². The smallest absolute Gasteiger partial charge is 0.0226 e. The molecule has 0 bridgehead atoms. The minimum atomic E-state index is 0.393. The second kappa shape index (κ2) is 5.27. The van der Waals surface area contributed by atoms with Gasteiger partial charge in [-0.05, 0) is 46.1 Å². The molecule has 2 rings (SSSR count). The molecular formula is C15H30N2. The van der Waals surface area contributed by atoms with E-state index in [1.165, 1.54) is 51.7 Å². The van der Waals surface area contributed by atoms with Crippen molar-refractivity contribution in [2.75, 3.05) is 19.6 Å². The third-order valence-corrected chi connectivity index (χ3v) is 4.90. The summed E-state index contributed by atoms with van der Waals surface area (Å²) in [6.45, 7) is 13.5. The van der Waals surface area contributed by atoms with E-state index in [0.29, 0.717) is 5.54 Å². The van der Waals surface area contributed by atoms with Gasteiger partial charge in [0, 0.05) is 30.7 Å². The number of fused-ring (bicyclic) bond motifs is 1. The summed E-state index contributed by atoms with van der Waals surface area (Å²) in [7, 11) is 0. The van der Waals surface area contributed by atoms with E-state index in [1.807, 2.05) is 0 Å². The van der Waals surface area contributed by atoms with Gasteiger partial charge in [-0.15, -0.1) is 0 Å². The number of hydrogen-bond donors (Lipinski definition) is 0. The SMILES string of the molecule is CCCC(C)(C)N1CC2CCCN2CC1CC. The molecule has 0 N–H and O–H groups in total. The van der Waals surface area contributed by atoms with Crippen molar-refractivity contribution >= 4 is 0 Å². The highest BCUT2D eigenvalue weighted by Gasteiger charge is 2.40. The second-order valence-electron chi connectivity index (χ2n) is 6.57. The van der Waals surface area contributed by atoms with Crippen molar-refractivity contribution < 1.29 is 0 Å². The van der Waals surface area contributed by atoms with E-state index in [-0.39, 0.29) is 0 Å². The number of nitrogens with zero attached hydrogens (tertiary/aromatic N) is 2. The molecule has 0 amide bonds. The molecular weight excluding hydrogens is 208 g/mol. The van der Waals surface area contributed by atoms with Gasteiger partial charge in [0.1, 0.15) is 0 Å². The number of piperazine rings is 1. The lowest BCUT2D eigenvalue weighted by molar-refractivity contribution is -0.0206. The Labute approximate surface area is 107 Å². The first kappa shape index (κ1) is 13.4. The number of hydrogen-bond acceptors (Lipinski definition) is 2. The van der Waals surface area contributed by atoms with E-state index in [9.17, 15) is 0 Å². The van der Waals surface area contributed by atoms with Crippen molar-refractivity contribution in [1.82, 2.24) is 9.80 Å². The monoisotopic (exact) mass is 238 g/mol. The summed E-state index contributed by atoms with van der Waals surface area (Å²) in [5.74, 6) is 0. The van der Waals surface area contributed by atoms with Crippen molar-refractivity contribution in [2.45, 2.75) is 77.4 Å². The minimum absolute atomic E-state index is 0.393. The number of rotatable bonds is 4. The van der Waals surface area contributed by atoms with Crippen molar-refractivity contribution in [2.24, 2.45) is 0 Å². The zero-order chi connectivity index (χ0) is 12.5. The van der Waals surface area contributed by atoms with Gasteiger partial charge < -0.3 is 0 Å². The van der Waals surface area contributed by atoms with E-state index < -0.39 is 0 Å². The van der Waals surface area contributed by atoms with Gasteiger partial charge in [-0.2, -0.15) is 0 Å². The standard InChI is InChI=1S/C15H30N2/c1-5-9-15(3,4)17-12-14-8-7-10-16(14)11-13(17)6-2/h13-14H,5-12H2,1-4H3. The normalized spacial score (nSPS) is 31.8. The van der Waals surface area contributed by atoms with Crippen LogP contribution in [0.3, 0.4) is 0 Å². The molecule has 2 aliphatic rings. The quantitative estimate of drug-likeness (QED) is 0.742. The molecule has 0 aromatic heterocycles. The summed E-state index contributed by atoms with van der Waals surface area (Å²) in [5.41, 5.74) is 0.393. The van der Waals surface area contributed by atoms with Gasteiger partial charge in [-0.3, -0.25) is 9.80 Å². The van der Waals surface area contributed by atoms with Gasteiger partial charge in [0.25, 0.3) is 0 Å². The van der Waals surface area contributed by atoms with Crippen molar-refractivity contribution in [1.29, 1.82) is 0 Å². The Hall–Kier alpha value is -0.0800. The van der Waals surface area contributed by atoms with Crippen LogP contribution in [0.4, 0.5) is 0 Å². The maximum atomic E-state index is 2.82. The summed E-state index contributed by atoms with van der Waals surface area (Å²) in [5, 5.41) is 0. The first-order valence-electron chi connectivity index (χ1n) is 7.59. The molecule has 2 heterocycles. The first-order chi connectivity index (χ1) is 8.08. The molecule has 0 radical (unpaired) electrons. The van der Waals surface area contributed by atoms with Crippen LogP contribution in [0, 0.1) is 0 Å². The predicted molar refractivity (Wildman–Crippen MR) is 74.4 cm³/mol. The molecule has 2 fully saturated rings. The van der Waals surface area contributed by atoms with Gasteiger partial charge in [0.2, 0.25) is 0 Å². The van der Waals surface area contributed by atoms with Crippen LogP contribution in [0.2, 0.25) is 0 Å². The van der Waals surface area contributed by atoms with Crippen molar-refractivity contribution in [3.63, 3.8) is 0 Å². The molecule has 0 aromatic rings. The lowest BCUT2D eigenvalue weighted by atomic mass is 9.91. The highest BCUT2D eigenvalue weighted by molar-refractivity contribution is 4.97. The van der Waals surface area contributed by atoms with Crippen LogP contribution in [-0.2, 0) is 0 Å². The molecule has 2 atom stereocenters. The van der Waals surface area contributed by atoms with Gasteiger partial charge in [0.15, 0.2) is 0 Å². The molecule has 100 valence electrons. The predicted octanol–water partition coefficient (Wildman–Crippen LogP) is 3.12. The Morgan fingerprint density at radius 3 is 2.59 bits per heavy atom. The van der Waals surface area contributed by atoms with Crippen LogP contribution in [0.25, 0.3) is 0 Å². The van der Waals surface area contributed by atoms with Crippen LogP contribution in [0.1, 0.15) is 59.8 Å². The summed E-state index contributed by atoms with van der Waals surface area (Å²) >= 11 is 0. The Morgan fingerprint density at radius 2 is 1.94 bits per heavy atom. The summed E-state index contributed by atoms with van der Waals surface area (Å²) < 4.78 is 0. The van der Waals surface area contributed by atoms with Gasteiger partial charge in [-0.25, -0.2) is 0 Å². The van der Waals surface area contributed by atoms with E-state index in [0.717, 1.165) is 12.1 Å². The molecule has 2 saturated heterocycles.